The molecule has 58 heavy (non-hydrogen) atoms. The average Bonchev–Trinajstić information content (AvgIpc) is 4.05. The van der Waals surface area contributed by atoms with Gasteiger partial charge in [-0.3, -0.25) is 9.59 Å². The average molecular weight is 874 g/mol. The number of hydrogen-bond acceptors (Lipinski definition) is 9. The fourth-order valence-corrected chi connectivity index (χ4v) is 10.5. The van der Waals surface area contributed by atoms with Crippen molar-refractivity contribution in [3.8, 4) is 32.3 Å². The number of ether oxygens (including phenoxy) is 2. The normalized spacial score (nSPS) is 18.6. The summed E-state index contributed by atoms with van der Waals surface area (Å²) in [6.07, 6.45) is 3.10. The van der Waals surface area contributed by atoms with Crippen LogP contribution in [0.4, 0.5) is 9.59 Å². The number of likely N-dealkylation sites (tertiary alicyclic amines) is 2. The first-order valence-corrected chi connectivity index (χ1v) is 21.4. The second kappa shape index (κ2) is 17.1. The molecule has 2 aliphatic heterocycles. The van der Waals surface area contributed by atoms with Crippen LogP contribution in [0.2, 0.25) is 15.3 Å². The van der Waals surface area contributed by atoms with Crippen molar-refractivity contribution >= 4 is 70.1 Å². The molecule has 1 aliphatic carbocycles. The number of carbonyl (C=O) groups is 4. The lowest BCUT2D eigenvalue weighted by molar-refractivity contribution is -0.136. The Morgan fingerprint density at radius 3 is 1.81 bits per heavy atom. The van der Waals surface area contributed by atoms with Crippen molar-refractivity contribution in [2.24, 2.45) is 11.8 Å². The van der Waals surface area contributed by atoms with Crippen molar-refractivity contribution in [3.63, 3.8) is 0 Å². The molecule has 4 N–H and O–H groups in total. The van der Waals surface area contributed by atoms with Gasteiger partial charge < -0.3 is 39.9 Å². The van der Waals surface area contributed by atoms with Crippen molar-refractivity contribution in [1.29, 1.82) is 0 Å². The van der Waals surface area contributed by atoms with Crippen LogP contribution in [0.25, 0.3) is 32.3 Å². The quantitative estimate of drug-likeness (QED) is 0.123. The number of nitrogens with one attached hydrogen (secondary N) is 4. The smallest absolute Gasteiger partial charge is 0.407 e. The molecule has 4 aromatic rings. The zero-order chi connectivity index (χ0) is 41.6. The lowest BCUT2D eigenvalue weighted by Gasteiger charge is -2.29. The Balaban J connectivity index is 1.12. The minimum absolute atomic E-state index is 0.148. The topological polar surface area (TPSA) is 175 Å². The van der Waals surface area contributed by atoms with Crippen LogP contribution >= 0.6 is 46.1 Å². The maximum atomic E-state index is 13.7. The van der Waals surface area contributed by atoms with Crippen LogP contribution in [0.15, 0.2) is 18.2 Å². The monoisotopic (exact) mass is 872 g/mol. The van der Waals surface area contributed by atoms with Crippen molar-refractivity contribution in [1.82, 2.24) is 40.4 Å². The molecular formula is C40H47Cl3N8O6S. The number of benzene rings is 1. The molecule has 14 nitrogen and oxygen atoms in total. The highest BCUT2D eigenvalue weighted by atomic mass is 35.5. The highest BCUT2D eigenvalue weighted by molar-refractivity contribution is 7.19. The molecule has 310 valence electrons. The molecule has 0 radical (unpaired) electrons. The van der Waals surface area contributed by atoms with Crippen molar-refractivity contribution in [2.75, 3.05) is 27.3 Å². The summed E-state index contributed by atoms with van der Waals surface area (Å²) in [6.45, 7) is 8.57. The number of H-pyrrole nitrogens is 2. The molecule has 0 spiro atoms. The molecule has 1 aromatic carbocycles. The molecule has 5 heterocycles. The van der Waals surface area contributed by atoms with Crippen molar-refractivity contribution in [2.45, 2.75) is 90.4 Å². The molecule has 0 unspecified atom stereocenters. The zero-order valence-electron chi connectivity index (χ0n) is 33.1. The highest BCUT2D eigenvalue weighted by Gasteiger charge is 2.40. The van der Waals surface area contributed by atoms with Gasteiger partial charge >= 0.3 is 12.2 Å². The number of imidazole rings is 2. The molecule has 18 heteroatoms. The summed E-state index contributed by atoms with van der Waals surface area (Å²) in [4.78, 5) is 73.1. The third-order valence-electron chi connectivity index (χ3n) is 11.3. The largest absolute Gasteiger partial charge is 0.453 e. The van der Waals surface area contributed by atoms with E-state index in [0.29, 0.717) is 70.7 Å². The number of aromatic amines is 2. The van der Waals surface area contributed by atoms with Crippen LogP contribution in [-0.2, 0) is 31.9 Å². The summed E-state index contributed by atoms with van der Waals surface area (Å²) in [6, 6.07) is 4.00. The number of fused-ring (bicyclic) bond motifs is 3. The van der Waals surface area contributed by atoms with E-state index in [1.165, 1.54) is 25.6 Å². The summed E-state index contributed by atoms with van der Waals surface area (Å²) in [5.41, 5.74) is 5.17. The summed E-state index contributed by atoms with van der Waals surface area (Å²) in [5, 5.41) is 6.69. The second-order valence-electron chi connectivity index (χ2n) is 15.6. The summed E-state index contributed by atoms with van der Waals surface area (Å²) in [7, 11) is 2.55. The SMILES string of the molecule is COC(=O)N[C@H](C(=O)N1CCC[C@H]1c1nc(-c2ccc3c(c2)CCc2c-3sc(-c3nc([C@@H]4CCCN4C(=O)[C@@H](NC(=O)OC)C(C)C)[nH]c3Cl)c2Cl)c(Cl)[nH]1)C(C)C. The summed E-state index contributed by atoms with van der Waals surface area (Å²) < 4.78 is 9.54. The number of methoxy groups -OCH3 is 2. The van der Waals surface area contributed by atoms with E-state index in [1.807, 2.05) is 33.8 Å². The van der Waals surface area contributed by atoms with E-state index in [2.05, 4.69) is 32.7 Å². The van der Waals surface area contributed by atoms with Gasteiger partial charge in [-0.25, -0.2) is 19.6 Å². The maximum Gasteiger partial charge on any atom is 0.407 e. The number of nitrogens with zero attached hydrogens (tertiary/aromatic N) is 4. The second-order valence-corrected chi connectivity index (χ2v) is 17.7. The molecule has 7 rings (SSSR count). The molecule has 0 saturated carbocycles. The highest BCUT2D eigenvalue weighted by Crippen LogP contribution is 2.50. The first-order valence-electron chi connectivity index (χ1n) is 19.5. The lowest BCUT2D eigenvalue weighted by atomic mass is 9.89. The van der Waals surface area contributed by atoms with Crippen LogP contribution in [-0.4, -0.2) is 93.1 Å². The molecule has 4 amide bonds. The van der Waals surface area contributed by atoms with Gasteiger partial charge in [0.25, 0.3) is 0 Å². The van der Waals surface area contributed by atoms with E-state index in [9.17, 15) is 19.2 Å². The number of rotatable bonds is 10. The van der Waals surface area contributed by atoms with Crippen molar-refractivity contribution in [3.05, 3.63) is 56.3 Å². The number of carbonyl (C=O) groups excluding carboxylic acids is 4. The van der Waals surface area contributed by atoms with E-state index >= 15 is 0 Å². The van der Waals surface area contributed by atoms with Gasteiger partial charge in [0.05, 0.1) is 36.2 Å². The number of hydrogen-bond donors (Lipinski definition) is 4. The van der Waals surface area contributed by atoms with E-state index < -0.39 is 24.3 Å². The van der Waals surface area contributed by atoms with Crippen LogP contribution in [0, 0.1) is 11.8 Å². The third kappa shape index (κ3) is 7.90. The van der Waals surface area contributed by atoms with Gasteiger partial charge in [-0.05, 0) is 73.1 Å². The number of thiophene rings is 1. The van der Waals surface area contributed by atoms with Gasteiger partial charge in [0.2, 0.25) is 11.8 Å². The van der Waals surface area contributed by atoms with Gasteiger partial charge in [0.15, 0.2) is 0 Å². The Morgan fingerprint density at radius 2 is 1.29 bits per heavy atom. The Hall–Kier alpha value is -4.31. The summed E-state index contributed by atoms with van der Waals surface area (Å²) in [5.74, 6) is 0.462. The fourth-order valence-electron chi connectivity index (χ4n) is 8.25. The standard InChI is InChI=1S/C40H47Cl3N8O6S/c1-18(2)27(46-39(54)56-5)37(52)50-15-7-9-24(50)35-44-29(33(42)48-35)21-12-13-22-20(17-21)11-14-23-26(41)32(58-31(22)23)30-34(43)49-36(45-30)25-10-8-16-51(25)38(53)28(19(3)4)47-40(55)57-6/h12-13,17-19,24-25,27-28H,7-11,14-16H2,1-6H3,(H,44,48)(H,45,49)(H,46,54)(H,47,55)/t24-,25-,27-,28-/m0/s1. The van der Waals surface area contributed by atoms with Gasteiger partial charge in [0.1, 0.15) is 45.4 Å². The predicted octanol–water partition coefficient (Wildman–Crippen LogP) is 8.34. The molecule has 2 fully saturated rings. The minimum Gasteiger partial charge on any atom is -0.453 e. The molecule has 3 aliphatic rings. The first-order chi connectivity index (χ1) is 27.7. The number of alkyl carbamates (subject to hydrolysis) is 2. The lowest BCUT2D eigenvalue weighted by Crippen LogP contribution is -2.51. The van der Waals surface area contributed by atoms with Crippen LogP contribution < -0.4 is 10.6 Å². The maximum absolute atomic E-state index is 13.7. The first kappa shape index (κ1) is 41.8. The van der Waals surface area contributed by atoms with Crippen LogP contribution in [0.5, 0.6) is 0 Å². The Labute approximate surface area is 355 Å². The number of aromatic nitrogens is 4. The molecular weight excluding hydrogens is 827 g/mol. The molecule has 3 aromatic heterocycles. The van der Waals surface area contributed by atoms with E-state index in [0.717, 1.165) is 51.3 Å². The number of amides is 4. The van der Waals surface area contributed by atoms with Gasteiger partial charge in [0, 0.05) is 23.5 Å². The van der Waals surface area contributed by atoms with E-state index in [4.69, 9.17) is 54.2 Å². The number of aryl methyl sites for hydroxylation is 1. The van der Waals surface area contributed by atoms with Gasteiger partial charge in [-0.2, -0.15) is 0 Å². The van der Waals surface area contributed by atoms with Crippen LogP contribution in [0.1, 0.15) is 88.2 Å². The van der Waals surface area contributed by atoms with E-state index in [1.54, 1.807) is 9.80 Å². The Morgan fingerprint density at radius 1 is 0.776 bits per heavy atom. The van der Waals surface area contributed by atoms with Gasteiger partial charge in [-0.1, -0.05) is 74.6 Å². The minimum atomic E-state index is -0.753. The number of halogens is 3. The molecule has 2 saturated heterocycles. The summed E-state index contributed by atoms with van der Waals surface area (Å²) >= 11 is 22.3. The van der Waals surface area contributed by atoms with Gasteiger partial charge in [-0.15, -0.1) is 11.3 Å². The molecule has 4 atom stereocenters. The van der Waals surface area contributed by atoms with E-state index in [-0.39, 0.29) is 35.7 Å². The Bertz CT molecular complexity index is 2240. The fraction of sp³-hybridized carbons (Fsp3) is 0.500. The van der Waals surface area contributed by atoms with Crippen LogP contribution in [0.3, 0.4) is 0 Å². The van der Waals surface area contributed by atoms with Crippen molar-refractivity contribution < 1.29 is 28.7 Å². The third-order valence-corrected chi connectivity index (χ3v) is 13.6. The molecule has 0 bridgehead atoms. The zero-order valence-corrected chi connectivity index (χ0v) is 36.2. The Kier molecular flexibility index (Phi) is 12.3. The predicted molar refractivity (Wildman–Crippen MR) is 223 cm³/mol.